The third-order valence-corrected chi connectivity index (χ3v) is 4.36. The van der Waals surface area contributed by atoms with Gasteiger partial charge in [0.25, 0.3) is 0 Å². The van der Waals surface area contributed by atoms with Gasteiger partial charge in [-0.3, -0.25) is 4.99 Å². The minimum Gasteiger partial charge on any atom is -0.497 e. The van der Waals surface area contributed by atoms with Crippen LogP contribution in [0.4, 0.5) is 0 Å². The molecular weight excluding hydrogens is 236 g/mol. The summed E-state index contributed by atoms with van der Waals surface area (Å²) in [5.74, 6) is 1.60. The van der Waals surface area contributed by atoms with Gasteiger partial charge in [-0.05, 0) is 68.7 Å². The highest BCUT2D eigenvalue weighted by Crippen LogP contribution is 2.28. The van der Waals surface area contributed by atoms with Crippen molar-refractivity contribution in [1.82, 2.24) is 4.90 Å². The van der Waals surface area contributed by atoms with Crippen LogP contribution in [0, 0.1) is 5.92 Å². The number of hydrogen-bond acceptors (Lipinski definition) is 3. The van der Waals surface area contributed by atoms with E-state index >= 15 is 0 Å². The number of ether oxygens (including phenoxy) is 1. The second-order valence-electron chi connectivity index (χ2n) is 5.62. The fourth-order valence-electron chi connectivity index (χ4n) is 3.17. The Morgan fingerprint density at radius 3 is 2.79 bits per heavy atom. The Kier molecular flexibility index (Phi) is 3.56. The van der Waals surface area contributed by atoms with Crippen LogP contribution in [0.2, 0.25) is 0 Å². The maximum absolute atomic E-state index is 5.33. The zero-order valence-electron chi connectivity index (χ0n) is 11.9. The molecule has 0 saturated carbocycles. The SMILES string of the molecule is COc1ccc2c(c1)CCN=C2C1CCN(C)CC1. The number of hydrogen-bond donors (Lipinski definition) is 0. The van der Waals surface area contributed by atoms with Gasteiger partial charge in [0.05, 0.1) is 7.11 Å². The van der Waals surface area contributed by atoms with Gasteiger partial charge in [0.15, 0.2) is 0 Å². The summed E-state index contributed by atoms with van der Waals surface area (Å²) in [6, 6.07) is 6.44. The molecule has 0 spiro atoms. The maximum Gasteiger partial charge on any atom is 0.119 e. The lowest BCUT2D eigenvalue weighted by atomic mass is 9.84. The fraction of sp³-hybridized carbons (Fsp3) is 0.562. The maximum atomic E-state index is 5.33. The van der Waals surface area contributed by atoms with Crippen LogP contribution in [0.15, 0.2) is 23.2 Å². The molecule has 1 aromatic carbocycles. The molecule has 1 fully saturated rings. The van der Waals surface area contributed by atoms with Crippen LogP contribution in [0.25, 0.3) is 0 Å². The van der Waals surface area contributed by atoms with Crippen molar-refractivity contribution in [3.63, 3.8) is 0 Å². The van der Waals surface area contributed by atoms with Crippen LogP contribution in [0.5, 0.6) is 5.75 Å². The molecule has 3 heteroatoms. The molecule has 0 bridgehead atoms. The summed E-state index contributed by atoms with van der Waals surface area (Å²) in [7, 11) is 3.94. The number of fused-ring (bicyclic) bond motifs is 1. The number of likely N-dealkylation sites (tertiary alicyclic amines) is 1. The van der Waals surface area contributed by atoms with Crippen molar-refractivity contribution >= 4 is 5.71 Å². The average Bonchev–Trinajstić information content (AvgIpc) is 2.47. The van der Waals surface area contributed by atoms with Crippen LogP contribution in [0.1, 0.15) is 24.0 Å². The third kappa shape index (κ3) is 2.52. The van der Waals surface area contributed by atoms with Crippen LogP contribution < -0.4 is 4.74 Å². The second kappa shape index (κ2) is 5.33. The van der Waals surface area contributed by atoms with E-state index in [4.69, 9.17) is 9.73 Å². The highest BCUT2D eigenvalue weighted by molar-refractivity contribution is 6.04. The van der Waals surface area contributed by atoms with Crippen molar-refractivity contribution in [2.75, 3.05) is 33.8 Å². The minimum atomic E-state index is 0.642. The van der Waals surface area contributed by atoms with Gasteiger partial charge in [-0.2, -0.15) is 0 Å². The van der Waals surface area contributed by atoms with Gasteiger partial charge < -0.3 is 9.64 Å². The third-order valence-electron chi connectivity index (χ3n) is 4.36. The summed E-state index contributed by atoms with van der Waals surface area (Å²) in [5.41, 5.74) is 4.11. The van der Waals surface area contributed by atoms with Gasteiger partial charge in [-0.15, -0.1) is 0 Å². The van der Waals surface area contributed by atoms with E-state index in [2.05, 4.69) is 30.1 Å². The Morgan fingerprint density at radius 2 is 2.05 bits per heavy atom. The number of benzene rings is 1. The molecule has 2 aliphatic rings. The van der Waals surface area contributed by atoms with Gasteiger partial charge in [0.2, 0.25) is 0 Å². The Hall–Kier alpha value is -1.35. The monoisotopic (exact) mass is 258 g/mol. The summed E-state index contributed by atoms with van der Waals surface area (Å²) in [6.07, 6.45) is 3.52. The topological polar surface area (TPSA) is 24.8 Å². The molecule has 102 valence electrons. The van der Waals surface area contributed by atoms with Crippen LogP contribution in [-0.4, -0.2) is 44.4 Å². The lowest BCUT2D eigenvalue weighted by molar-refractivity contribution is 0.252. The Balaban J connectivity index is 1.86. The second-order valence-corrected chi connectivity index (χ2v) is 5.62. The Bertz CT molecular complexity index is 488. The average molecular weight is 258 g/mol. The highest BCUT2D eigenvalue weighted by Gasteiger charge is 2.25. The summed E-state index contributed by atoms with van der Waals surface area (Å²) < 4.78 is 5.33. The van der Waals surface area contributed by atoms with Crippen LogP contribution >= 0.6 is 0 Å². The molecule has 0 atom stereocenters. The van der Waals surface area contributed by atoms with Crippen molar-refractivity contribution < 1.29 is 4.74 Å². The molecule has 3 nitrogen and oxygen atoms in total. The van der Waals surface area contributed by atoms with E-state index in [9.17, 15) is 0 Å². The standard InChI is InChI=1S/C16H22N2O/c1-18-9-6-12(7-10-18)16-15-4-3-14(19-2)11-13(15)5-8-17-16/h3-4,11-12H,5-10H2,1-2H3. The molecule has 2 heterocycles. The molecule has 0 aliphatic carbocycles. The van der Waals surface area contributed by atoms with E-state index in [-0.39, 0.29) is 0 Å². The highest BCUT2D eigenvalue weighted by atomic mass is 16.5. The molecule has 2 aliphatic heterocycles. The van der Waals surface area contributed by atoms with Crippen LogP contribution in [-0.2, 0) is 6.42 Å². The van der Waals surface area contributed by atoms with Gasteiger partial charge in [-0.1, -0.05) is 0 Å². The molecule has 1 aromatic rings. The number of aliphatic imine (C=N–C) groups is 1. The van der Waals surface area contributed by atoms with Crippen molar-refractivity contribution in [2.24, 2.45) is 10.9 Å². The zero-order valence-corrected chi connectivity index (χ0v) is 11.9. The first-order valence-electron chi connectivity index (χ1n) is 7.18. The molecule has 0 unspecified atom stereocenters. The van der Waals surface area contributed by atoms with Crippen LogP contribution in [0.3, 0.4) is 0 Å². The molecule has 0 amide bonds. The first kappa shape index (κ1) is 12.7. The summed E-state index contributed by atoms with van der Waals surface area (Å²) in [6.45, 7) is 3.31. The van der Waals surface area contributed by atoms with E-state index in [1.165, 1.54) is 42.8 Å². The lowest BCUT2D eigenvalue weighted by Gasteiger charge is -2.31. The lowest BCUT2D eigenvalue weighted by Crippen LogP contribution is -2.35. The van der Waals surface area contributed by atoms with E-state index in [0.717, 1.165) is 18.7 Å². The summed E-state index contributed by atoms with van der Waals surface area (Å²) in [5, 5.41) is 0. The van der Waals surface area contributed by atoms with E-state index in [1.54, 1.807) is 7.11 Å². The Morgan fingerprint density at radius 1 is 1.26 bits per heavy atom. The van der Waals surface area contributed by atoms with E-state index in [0.29, 0.717) is 5.92 Å². The first-order chi connectivity index (χ1) is 9.28. The molecule has 0 radical (unpaired) electrons. The van der Waals surface area contributed by atoms with Crippen molar-refractivity contribution in [2.45, 2.75) is 19.3 Å². The van der Waals surface area contributed by atoms with Crippen molar-refractivity contribution in [1.29, 1.82) is 0 Å². The van der Waals surface area contributed by atoms with E-state index < -0.39 is 0 Å². The summed E-state index contributed by atoms with van der Waals surface area (Å²) in [4.78, 5) is 7.24. The molecular formula is C16H22N2O. The summed E-state index contributed by atoms with van der Waals surface area (Å²) >= 11 is 0. The quantitative estimate of drug-likeness (QED) is 0.813. The molecule has 1 saturated heterocycles. The predicted octanol–water partition coefficient (Wildman–Crippen LogP) is 2.38. The van der Waals surface area contributed by atoms with Gasteiger partial charge in [0, 0.05) is 18.2 Å². The smallest absolute Gasteiger partial charge is 0.119 e. The van der Waals surface area contributed by atoms with Crippen molar-refractivity contribution in [3.8, 4) is 5.75 Å². The molecule has 0 aromatic heterocycles. The largest absolute Gasteiger partial charge is 0.497 e. The predicted molar refractivity (Wildman–Crippen MR) is 78.3 cm³/mol. The molecule has 19 heavy (non-hydrogen) atoms. The van der Waals surface area contributed by atoms with Gasteiger partial charge in [0.1, 0.15) is 5.75 Å². The molecule has 3 rings (SSSR count). The number of rotatable bonds is 2. The number of nitrogens with zero attached hydrogens (tertiary/aromatic N) is 2. The number of piperidine rings is 1. The first-order valence-corrected chi connectivity index (χ1v) is 7.18. The molecule has 0 N–H and O–H groups in total. The van der Waals surface area contributed by atoms with Crippen molar-refractivity contribution in [3.05, 3.63) is 29.3 Å². The Labute approximate surface area is 115 Å². The van der Waals surface area contributed by atoms with Gasteiger partial charge in [-0.25, -0.2) is 0 Å². The van der Waals surface area contributed by atoms with Gasteiger partial charge >= 0.3 is 0 Å². The van der Waals surface area contributed by atoms with E-state index in [1.807, 2.05) is 0 Å². The minimum absolute atomic E-state index is 0.642. The normalized spacial score (nSPS) is 20.8. The fourth-order valence-corrected chi connectivity index (χ4v) is 3.17. The zero-order chi connectivity index (χ0) is 13.2. The number of methoxy groups -OCH3 is 1.